The Morgan fingerprint density at radius 2 is 1.81 bits per heavy atom. The minimum Gasteiger partial charge on any atom is -0.340 e. The smallest absolute Gasteiger partial charge is 0.340 e. The minimum atomic E-state index is -4.66. The SMILES string of the molecule is CN(Cc1ccccc1Br)C(=O)CNS(=O)(=O)c1cccc(C(F)(F)F)c1. The first-order valence-corrected chi connectivity index (χ1v) is 9.92. The van der Waals surface area contributed by atoms with Crippen LogP contribution in [-0.4, -0.2) is 32.8 Å². The second-order valence-electron chi connectivity index (χ2n) is 5.69. The summed E-state index contributed by atoms with van der Waals surface area (Å²) >= 11 is 3.36. The van der Waals surface area contributed by atoms with Gasteiger partial charge in [-0.3, -0.25) is 4.79 Å². The zero-order valence-electron chi connectivity index (χ0n) is 14.1. The molecule has 0 spiro atoms. The first kappa shape index (κ1) is 21.4. The van der Waals surface area contributed by atoms with Crippen LogP contribution in [0, 0.1) is 0 Å². The fraction of sp³-hybridized carbons (Fsp3) is 0.235. The summed E-state index contributed by atoms with van der Waals surface area (Å²) in [5.74, 6) is -0.527. The predicted octanol–water partition coefficient (Wildman–Crippen LogP) is 3.40. The Morgan fingerprint density at radius 3 is 2.44 bits per heavy atom. The van der Waals surface area contributed by atoms with Crippen molar-refractivity contribution in [1.82, 2.24) is 9.62 Å². The molecule has 0 aliphatic heterocycles. The molecule has 10 heteroatoms. The molecular weight excluding hydrogens is 449 g/mol. The zero-order valence-corrected chi connectivity index (χ0v) is 16.5. The molecule has 0 unspecified atom stereocenters. The number of alkyl halides is 3. The maximum atomic E-state index is 12.7. The van der Waals surface area contributed by atoms with E-state index in [1.807, 2.05) is 16.9 Å². The number of benzene rings is 2. The number of sulfonamides is 1. The second-order valence-corrected chi connectivity index (χ2v) is 8.31. The molecule has 0 fully saturated rings. The Balaban J connectivity index is 2.04. The van der Waals surface area contributed by atoms with Crippen molar-refractivity contribution in [2.24, 2.45) is 0 Å². The Bertz CT molecular complexity index is 933. The number of nitrogens with one attached hydrogen (secondary N) is 1. The standard InChI is InChI=1S/C17H16BrF3N2O3S/c1-23(11-12-5-2-3-8-15(12)18)16(24)10-22-27(25,26)14-7-4-6-13(9-14)17(19,20)21/h2-9,22H,10-11H2,1H3. The molecule has 0 heterocycles. The normalized spacial score (nSPS) is 12.0. The highest BCUT2D eigenvalue weighted by Gasteiger charge is 2.31. The van der Waals surface area contributed by atoms with Crippen LogP contribution in [-0.2, 0) is 27.5 Å². The molecule has 5 nitrogen and oxygen atoms in total. The largest absolute Gasteiger partial charge is 0.416 e. The van der Waals surface area contributed by atoms with Crippen LogP contribution in [0.2, 0.25) is 0 Å². The van der Waals surface area contributed by atoms with E-state index in [0.717, 1.165) is 28.2 Å². The molecule has 0 aromatic heterocycles. The number of hydrogen-bond acceptors (Lipinski definition) is 3. The van der Waals surface area contributed by atoms with Crippen molar-refractivity contribution in [3.63, 3.8) is 0 Å². The number of hydrogen-bond donors (Lipinski definition) is 1. The highest BCUT2D eigenvalue weighted by molar-refractivity contribution is 9.10. The molecule has 2 rings (SSSR count). The molecule has 1 amide bonds. The van der Waals surface area contributed by atoms with Crippen LogP contribution in [0.3, 0.4) is 0 Å². The number of amides is 1. The third-order valence-electron chi connectivity index (χ3n) is 3.68. The maximum Gasteiger partial charge on any atom is 0.416 e. The number of halogens is 4. The molecule has 0 saturated carbocycles. The summed E-state index contributed by atoms with van der Waals surface area (Å²) in [4.78, 5) is 12.9. The van der Waals surface area contributed by atoms with Crippen molar-refractivity contribution in [2.75, 3.05) is 13.6 Å². The van der Waals surface area contributed by atoms with Gasteiger partial charge in [0.05, 0.1) is 17.0 Å². The molecule has 0 saturated heterocycles. The second kappa shape index (κ2) is 8.41. The van der Waals surface area contributed by atoms with Crippen LogP contribution < -0.4 is 4.72 Å². The van der Waals surface area contributed by atoms with E-state index in [1.54, 1.807) is 12.1 Å². The lowest BCUT2D eigenvalue weighted by atomic mass is 10.2. The topological polar surface area (TPSA) is 66.5 Å². The van der Waals surface area contributed by atoms with Crippen LogP contribution >= 0.6 is 15.9 Å². The van der Waals surface area contributed by atoms with Crippen LogP contribution in [0.1, 0.15) is 11.1 Å². The molecule has 0 bridgehead atoms. The van der Waals surface area contributed by atoms with Gasteiger partial charge in [0.1, 0.15) is 0 Å². The predicted molar refractivity (Wildman–Crippen MR) is 97.2 cm³/mol. The van der Waals surface area contributed by atoms with Gasteiger partial charge < -0.3 is 4.90 Å². The number of nitrogens with zero attached hydrogens (tertiary/aromatic N) is 1. The number of carbonyl (C=O) groups excluding carboxylic acids is 1. The minimum absolute atomic E-state index is 0.242. The Morgan fingerprint density at radius 1 is 1.15 bits per heavy atom. The first-order chi connectivity index (χ1) is 12.5. The van der Waals surface area contributed by atoms with Gasteiger partial charge in [-0.05, 0) is 29.8 Å². The zero-order chi connectivity index (χ0) is 20.2. The van der Waals surface area contributed by atoms with Gasteiger partial charge in [-0.2, -0.15) is 13.2 Å². The molecule has 2 aromatic rings. The maximum absolute atomic E-state index is 12.7. The van der Waals surface area contributed by atoms with E-state index in [9.17, 15) is 26.4 Å². The molecule has 27 heavy (non-hydrogen) atoms. The fourth-order valence-electron chi connectivity index (χ4n) is 2.18. The molecule has 0 aliphatic rings. The van der Waals surface area contributed by atoms with E-state index in [1.165, 1.54) is 11.9 Å². The van der Waals surface area contributed by atoms with E-state index in [0.29, 0.717) is 6.07 Å². The lowest BCUT2D eigenvalue weighted by Gasteiger charge is -2.18. The average molecular weight is 465 g/mol. The van der Waals surface area contributed by atoms with Crippen LogP contribution in [0.15, 0.2) is 57.9 Å². The monoisotopic (exact) mass is 464 g/mol. The van der Waals surface area contributed by atoms with Crippen LogP contribution in [0.4, 0.5) is 13.2 Å². The summed E-state index contributed by atoms with van der Waals surface area (Å²) in [5.41, 5.74) is -0.253. The van der Waals surface area contributed by atoms with E-state index in [2.05, 4.69) is 15.9 Å². The summed E-state index contributed by atoms with van der Waals surface area (Å²) in [6, 6.07) is 10.6. The van der Waals surface area contributed by atoms with Crippen molar-refractivity contribution in [1.29, 1.82) is 0 Å². The Labute approximate surface area is 163 Å². The van der Waals surface area contributed by atoms with Crippen molar-refractivity contribution < 1.29 is 26.4 Å². The van der Waals surface area contributed by atoms with Crippen LogP contribution in [0.5, 0.6) is 0 Å². The van der Waals surface area contributed by atoms with E-state index in [-0.39, 0.29) is 6.54 Å². The third kappa shape index (κ3) is 5.78. The van der Waals surface area contributed by atoms with Gasteiger partial charge in [0.25, 0.3) is 0 Å². The third-order valence-corrected chi connectivity index (χ3v) is 5.85. The molecule has 0 atom stereocenters. The molecule has 0 aliphatic carbocycles. The van der Waals surface area contributed by atoms with E-state index in [4.69, 9.17) is 0 Å². The van der Waals surface area contributed by atoms with Gasteiger partial charge in [0.15, 0.2) is 0 Å². The first-order valence-electron chi connectivity index (χ1n) is 7.65. The van der Waals surface area contributed by atoms with Gasteiger partial charge in [0.2, 0.25) is 15.9 Å². The summed E-state index contributed by atoms with van der Waals surface area (Å²) in [6.45, 7) is -0.328. The Kier molecular flexibility index (Phi) is 6.66. The summed E-state index contributed by atoms with van der Waals surface area (Å²) in [7, 11) is -2.76. The van der Waals surface area contributed by atoms with Gasteiger partial charge >= 0.3 is 6.18 Å². The van der Waals surface area contributed by atoms with Crippen molar-refractivity contribution in [3.05, 3.63) is 64.1 Å². The van der Waals surface area contributed by atoms with Gasteiger partial charge in [0, 0.05) is 18.1 Å². The lowest BCUT2D eigenvalue weighted by Crippen LogP contribution is -2.37. The van der Waals surface area contributed by atoms with E-state index < -0.39 is 39.1 Å². The van der Waals surface area contributed by atoms with Gasteiger partial charge in [-0.1, -0.05) is 40.2 Å². The van der Waals surface area contributed by atoms with Crippen molar-refractivity contribution in [3.8, 4) is 0 Å². The summed E-state index contributed by atoms with van der Waals surface area (Å²) in [6.07, 6.45) is -4.66. The number of carbonyl (C=O) groups is 1. The number of likely N-dealkylation sites (N-methyl/N-ethyl adjacent to an activating group) is 1. The highest BCUT2D eigenvalue weighted by atomic mass is 79.9. The van der Waals surface area contributed by atoms with Crippen molar-refractivity contribution >= 4 is 31.9 Å². The Hall–Kier alpha value is -1.91. The van der Waals surface area contributed by atoms with Crippen LogP contribution in [0.25, 0.3) is 0 Å². The fourth-order valence-corrected chi connectivity index (χ4v) is 3.62. The summed E-state index contributed by atoms with van der Waals surface area (Å²) in [5, 5.41) is 0. The number of rotatable bonds is 6. The highest BCUT2D eigenvalue weighted by Crippen LogP contribution is 2.30. The van der Waals surface area contributed by atoms with Crippen molar-refractivity contribution in [2.45, 2.75) is 17.6 Å². The van der Waals surface area contributed by atoms with Gasteiger partial charge in [-0.25, -0.2) is 13.1 Å². The lowest BCUT2D eigenvalue weighted by molar-refractivity contribution is -0.137. The molecule has 2 aromatic carbocycles. The molecule has 146 valence electrons. The molecule has 0 radical (unpaired) electrons. The average Bonchev–Trinajstić information content (AvgIpc) is 2.61. The molecule has 1 N–H and O–H groups in total. The van der Waals surface area contributed by atoms with E-state index >= 15 is 0 Å². The van der Waals surface area contributed by atoms with Gasteiger partial charge in [-0.15, -0.1) is 0 Å². The quantitative estimate of drug-likeness (QED) is 0.712. The summed E-state index contributed by atoms with van der Waals surface area (Å²) < 4.78 is 65.4. The molecular formula is C17H16BrF3N2O3S.